The van der Waals surface area contributed by atoms with Crippen LogP contribution in [0.2, 0.25) is 0 Å². The maximum absolute atomic E-state index is 5.89. The Balaban J connectivity index is 1.68. The zero-order valence-corrected chi connectivity index (χ0v) is 12.3. The molecular formula is C16H25N3O. The number of benzene rings is 1. The predicted molar refractivity (Wildman–Crippen MR) is 83.4 cm³/mol. The smallest absolute Gasteiger partial charge is 0.143 e. The first-order valence-electron chi connectivity index (χ1n) is 7.66. The number of piperidine rings is 2. The number of anilines is 2. The summed E-state index contributed by atoms with van der Waals surface area (Å²) >= 11 is 0. The van der Waals surface area contributed by atoms with E-state index in [0.29, 0.717) is 11.2 Å². The summed E-state index contributed by atoms with van der Waals surface area (Å²) in [5.41, 5.74) is 8.23. The highest BCUT2D eigenvalue weighted by atomic mass is 16.5. The van der Waals surface area contributed by atoms with E-state index in [1.54, 1.807) is 7.11 Å². The third-order valence-corrected chi connectivity index (χ3v) is 4.88. The summed E-state index contributed by atoms with van der Waals surface area (Å²) in [5.74, 6) is 0.776. The number of nitrogens with one attached hydrogen (secondary N) is 1. The lowest BCUT2D eigenvalue weighted by Crippen LogP contribution is -2.55. The van der Waals surface area contributed by atoms with Crippen molar-refractivity contribution < 1.29 is 4.74 Å². The van der Waals surface area contributed by atoms with Crippen molar-refractivity contribution in [2.24, 2.45) is 0 Å². The molecule has 4 nitrogen and oxygen atoms in total. The van der Waals surface area contributed by atoms with Crippen LogP contribution in [0.3, 0.4) is 0 Å². The molecule has 3 N–H and O–H groups in total. The second kappa shape index (κ2) is 5.52. The molecule has 110 valence electrons. The van der Waals surface area contributed by atoms with Gasteiger partial charge in [0.15, 0.2) is 0 Å². The van der Waals surface area contributed by atoms with Gasteiger partial charge in [-0.2, -0.15) is 0 Å². The normalized spacial score (nSPS) is 21.9. The number of hydrogen-bond donors (Lipinski definition) is 2. The van der Waals surface area contributed by atoms with E-state index in [1.165, 1.54) is 44.3 Å². The molecule has 4 heteroatoms. The van der Waals surface area contributed by atoms with Crippen LogP contribution in [-0.2, 0) is 0 Å². The molecular weight excluding hydrogens is 250 g/mol. The average Bonchev–Trinajstić information content (AvgIpc) is 2.50. The molecule has 3 rings (SSSR count). The summed E-state index contributed by atoms with van der Waals surface area (Å²) < 4.78 is 5.32. The van der Waals surface area contributed by atoms with Gasteiger partial charge in [-0.1, -0.05) is 6.42 Å². The van der Waals surface area contributed by atoms with Crippen LogP contribution < -0.4 is 20.7 Å². The summed E-state index contributed by atoms with van der Waals surface area (Å²) in [6, 6.07) is 6.10. The molecule has 0 aromatic heterocycles. The highest BCUT2D eigenvalue weighted by Gasteiger charge is 2.35. The van der Waals surface area contributed by atoms with Crippen molar-refractivity contribution in [2.75, 3.05) is 37.4 Å². The minimum Gasteiger partial charge on any atom is -0.495 e. The topological polar surface area (TPSA) is 50.5 Å². The summed E-state index contributed by atoms with van der Waals surface area (Å²) in [4.78, 5) is 2.45. The van der Waals surface area contributed by atoms with Gasteiger partial charge in [-0.3, -0.25) is 0 Å². The molecule has 20 heavy (non-hydrogen) atoms. The monoisotopic (exact) mass is 275 g/mol. The molecule has 0 bridgehead atoms. The number of nitrogens with two attached hydrogens (primary N) is 1. The largest absolute Gasteiger partial charge is 0.495 e. The summed E-state index contributed by atoms with van der Waals surface area (Å²) in [7, 11) is 1.67. The van der Waals surface area contributed by atoms with Gasteiger partial charge in [0.05, 0.1) is 12.8 Å². The van der Waals surface area contributed by atoms with Gasteiger partial charge in [0.2, 0.25) is 0 Å². The number of hydrogen-bond acceptors (Lipinski definition) is 4. The molecule has 0 amide bonds. The third kappa shape index (κ3) is 2.57. The zero-order valence-electron chi connectivity index (χ0n) is 12.3. The maximum Gasteiger partial charge on any atom is 0.143 e. The van der Waals surface area contributed by atoms with Crippen molar-refractivity contribution in [1.82, 2.24) is 5.32 Å². The second-order valence-electron chi connectivity index (χ2n) is 6.08. The molecule has 0 saturated carbocycles. The molecule has 2 fully saturated rings. The molecule has 0 unspecified atom stereocenters. The first-order chi connectivity index (χ1) is 9.72. The average molecular weight is 275 g/mol. The molecule has 0 atom stereocenters. The van der Waals surface area contributed by atoms with Crippen molar-refractivity contribution in [2.45, 2.75) is 37.6 Å². The van der Waals surface area contributed by atoms with Gasteiger partial charge in [0.1, 0.15) is 5.75 Å². The van der Waals surface area contributed by atoms with Crippen LogP contribution in [0.15, 0.2) is 18.2 Å². The highest BCUT2D eigenvalue weighted by Crippen LogP contribution is 2.34. The number of nitrogen functional groups attached to an aromatic ring is 1. The van der Waals surface area contributed by atoms with E-state index in [9.17, 15) is 0 Å². The highest BCUT2D eigenvalue weighted by molar-refractivity contribution is 5.62. The molecule has 0 radical (unpaired) electrons. The second-order valence-corrected chi connectivity index (χ2v) is 6.08. The molecule has 1 aromatic rings. The van der Waals surface area contributed by atoms with Crippen molar-refractivity contribution in [3.05, 3.63) is 18.2 Å². The van der Waals surface area contributed by atoms with E-state index in [4.69, 9.17) is 10.5 Å². The van der Waals surface area contributed by atoms with Crippen LogP contribution in [0.1, 0.15) is 32.1 Å². The molecule has 2 aliphatic heterocycles. The Hall–Kier alpha value is -1.42. The minimum absolute atomic E-state index is 0.409. The van der Waals surface area contributed by atoms with Crippen molar-refractivity contribution in [3.8, 4) is 5.75 Å². The number of ether oxygens (including phenoxy) is 1. The van der Waals surface area contributed by atoms with Crippen LogP contribution in [0.5, 0.6) is 5.75 Å². The van der Waals surface area contributed by atoms with E-state index >= 15 is 0 Å². The van der Waals surface area contributed by atoms with Crippen LogP contribution in [0, 0.1) is 0 Å². The van der Waals surface area contributed by atoms with E-state index in [2.05, 4.69) is 22.3 Å². The number of methoxy groups -OCH3 is 1. The quantitative estimate of drug-likeness (QED) is 0.814. The fraction of sp³-hybridized carbons (Fsp3) is 0.625. The van der Waals surface area contributed by atoms with Gasteiger partial charge in [-0.25, -0.2) is 0 Å². The fourth-order valence-corrected chi connectivity index (χ4v) is 3.55. The van der Waals surface area contributed by atoms with E-state index in [-0.39, 0.29) is 0 Å². The standard InChI is InChI=1S/C16H25N3O/c1-20-15-12-13(4-5-14(15)17)19-10-7-16(8-11-19)6-2-3-9-18-16/h4-5,12,18H,2-3,6-11,17H2,1H3. The van der Waals surface area contributed by atoms with Gasteiger partial charge in [-0.05, 0) is 44.4 Å². The Kier molecular flexibility index (Phi) is 3.74. The number of nitrogens with zero attached hydrogens (tertiary/aromatic N) is 1. The molecule has 1 aromatic carbocycles. The Morgan fingerprint density at radius 3 is 2.65 bits per heavy atom. The molecule has 2 aliphatic rings. The first kappa shape index (κ1) is 13.6. The van der Waals surface area contributed by atoms with E-state index in [0.717, 1.165) is 18.8 Å². The lowest BCUT2D eigenvalue weighted by Gasteiger charge is -2.45. The molecule has 2 heterocycles. The SMILES string of the molecule is COc1cc(N2CCC3(CCCCN3)CC2)ccc1N. The van der Waals surface area contributed by atoms with Gasteiger partial charge >= 0.3 is 0 Å². The van der Waals surface area contributed by atoms with Crippen molar-refractivity contribution in [1.29, 1.82) is 0 Å². The van der Waals surface area contributed by atoms with Crippen molar-refractivity contribution >= 4 is 11.4 Å². The zero-order chi connectivity index (χ0) is 14.0. The minimum atomic E-state index is 0.409. The van der Waals surface area contributed by atoms with E-state index < -0.39 is 0 Å². The molecule has 1 spiro atoms. The van der Waals surface area contributed by atoms with E-state index in [1.807, 2.05) is 6.07 Å². The van der Waals surface area contributed by atoms with Crippen molar-refractivity contribution in [3.63, 3.8) is 0 Å². The van der Waals surface area contributed by atoms with Gasteiger partial charge in [0.25, 0.3) is 0 Å². The molecule has 2 saturated heterocycles. The Morgan fingerprint density at radius 2 is 2.00 bits per heavy atom. The Labute approximate surface area is 121 Å². The lowest BCUT2D eigenvalue weighted by atomic mass is 9.80. The van der Waals surface area contributed by atoms with Crippen LogP contribution >= 0.6 is 0 Å². The van der Waals surface area contributed by atoms with Gasteiger partial charge < -0.3 is 20.7 Å². The maximum atomic E-state index is 5.89. The predicted octanol–water partition coefficient (Wildman–Crippen LogP) is 2.39. The Bertz CT molecular complexity index is 459. The summed E-state index contributed by atoms with van der Waals surface area (Å²) in [6.45, 7) is 3.41. The summed E-state index contributed by atoms with van der Waals surface area (Å²) in [5, 5.41) is 3.77. The third-order valence-electron chi connectivity index (χ3n) is 4.88. The summed E-state index contributed by atoms with van der Waals surface area (Å²) in [6.07, 6.45) is 6.52. The first-order valence-corrected chi connectivity index (χ1v) is 7.66. The lowest BCUT2D eigenvalue weighted by molar-refractivity contribution is 0.206. The van der Waals surface area contributed by atoms with Crippen LogP contribution in [-0.4, -0.2) is 32.3 Å². The van der Waals surface area contributed by atoms with Crippen LogP contribution in [0.25, 0.3) is 0 Å². The van der Waals surface area contributed by atoms with Gasteiger partial charge in [0, 0.05) is 30.4 Å². The number of rotatable bonds is 2. The fourth-order valence-electron chi connectivity index (χ4n) is 3.55. The van der Waals surface area contributed by atoms with Gasteiger partial charge in [-0.15, -0.1) is 0 Å². The Morgan fingerprint density at radius 1 is 1.20 bits per heavy atom. The van der Waals surface area contributed by atoms with Crippen LogP contribution in [0.4, 0.5) is 11.4 Å². The molecule has 0 aliphatic carbocycles.